The third-order valence-corrected chi connectivity index (χ3v) is 5.20. The second kappa shape index (κ2) is 11.5. The zero-order chi connectivity index (χ0) is 16.0. The number of piperidine rings is 1. The normalized spacial score (nSPS) is 20.8. The van der Waals surface area contributed by atoms with Crippen LogP contribution in [0.4, 0.5) is 0 Å². The van der Waals surface area contributed by atoms with Crippen LogP contribution in [-0.4, -0.2) is 87.0 Å². The van der Waals surface area contributed by atoms with Crippen molar-refractivity contribution in [3.8, 4) is 0 Å². The van der Waals surface area contributed by atoms with Crippen LogP contribution in [0.15, 0.2) is 0 Å². The predicted molar refractivity (Wildman–Crippen MR) is 100 cm³/mol. The fourth-order valence-corrected chi connectivity index (χ4v) is 3.47. The molecule has 0 bridgehead atoms. The fraction of sp³-hybridized carbons (Fsp3) is 0.938. The summed E-state index contributed by atoms with van der Waals surface area (Å²) in [5.41, 5.74) is -0.185. The number of hydrogen-bond acceptors (Lipinski definition) is 5. The largest absolute Gasteiger partial charge is 0.396 e. The Bertz CT molecular complexity index is 362. The van der Waals surface area contributed by atoms with E-state index >= 15 is 0 Å². The number of nitrogens with one attached hydrogen (secondary N) is 1. The molecule has 2 aliphatic heterocycles. The minimum Gasteiger partial charge on any atom is -0.396 e. The number of ether oxygens (including phenoxy) is 1. The molecular weight excluding hydrogens is 353 g/mol. The van der Waals surface area contributed by atoms with E-state index in [-0.39, 0.29) is 42.7 Å². The number of likely N-dealkylation sites (N-methyl/N-ethyl adjacent to an activating group) is 2. The van der Waals surface area contributed by atoms with Crippen molar-refractivity contribution in [2.45, 2.75) is 31.7 Å². The van der Waals surface area contributed by atoms with Gasteiger partial charge in [-0.15, -0.1) is 24.8 Å². The predicted octanol–water partition coefficient (Wildman–Crippen LogP) is 0.761. The van der Waals surface area contributed by atoms with E-state index in [0.717, 1.165) is 38.8 Å². The van der Waals surface area contributed by atoms with Gasteiger partial charge in [0.05, 0.1) is 13.2 Å². The molecule has 2 saturated heterocycles. The molecule has 2 N–H and O–H groups in total. The third kappa shape index (κ3) is 6.65. The zero-order valence-corrected chi connectivity index (χ0v) is 16.5. The summed E-state index contributed by atoms with van der Waals surface area (Å²) in [7, 11) is 3.89. The van der Waals surface area contributed by atoms with Crippen LogP contribution in [0.2, 0.25) is 0 Å². The summed E-state index contributed by atoms with van der Waals surface area (Å²) >= 11 is 0. The van der Waals surface area contributed by atoms with Gasteiger partial charge in [0.2, 0.25) is 5.91 Å². The van der Waals surface area contributed by atoms with Crippen LogP contribution in [0, 0.1) is 5.41 Å². The van der Waals surface area contributed by atoms with E-state index in [2.05, 4.69) is 10.2 Å². The van der Waals surface area contributed by atoms with Gasteiger partial charge in [-0.25, -0.2) is 0 Å². The molecule has 2 aliphatic rings. The molecule has 6 nitrogen and oxygen atoms in total. The molecule has 144 valence electrons. The highest BCUT2D eigenvalue weighted by Crippen LogP contribution is 2.30. The van der Waals surface area contributed by atoms with E-state index in [1.807, 2.05) is 14.1 Å². The van der Waals surface area contributed by atoms with Gasteiger partial charge in [-0.1, -0.05) is 0 Å². The molecule has 0 spiro atoms. The summed E-state index contributed by atoms with van der Waals surface area (Å²) in [6.07, 6.45) is 3.85. The number of carbonyl (C=O) groups is 1. The maximum atomic E-state index is 12.5. The number of carbonyl (C=O) groups excluding carboxylic acids is 1. The lowest BCUT2D eigenvalue weighted by Crippen LogP contribution is -2.49. The number of nitrogens with zero attached hydrogens (tertiary/aromatic N) is 2. The summed E-state index contributed by atoms with van der Waals surface area (Å²) in [6.45, 7) is 4.62. The van der Waals surface area contributed by atoms with Gasteiger partial charge in [0.15, 0.2) is 0 Å². The summed E-state index contributed by atoms with van der Waals surface area (Å²) < 4.78 is 5.38. The van der Waals surface area contributed by atoms with Crippen molar-refractivity contribution >= 4 is 30.7 Å². The average molecular weight is 386 g/mol. The molecule has 1 amide bonds. The topological polar surface area (TPSA) is 65.0 Å². The van der Waals surface area contributed by atoms with Gasteiger partial charge in [0, 0.05) is 38.3 Å². The van der Waals surface area contributed by atoms with Gasteiger partial charge < -0.3 is 20.1 Å². The van der Waals surface area contributed by atoms with Crippen LogP contribution in [0.3, 0.4) is 0 Å². The molecule has 0 aliphatic carbocycles. The second-order valence-electron chi connectivity index (χ2n) is 6.92. The van der Waals surface area contributed by atoms with E-state index in [4.69, 9.17) is 4.74 Å². The number of halogens is 2. The third-order valence-electron chi connectivity index (χ3n) is 5.20. The maximum Gasteiger partial charge on any atom is 0.236 e. The maximum absolute atomic E-state index is 12.5. The van der Waals surface area contributed by atoms with Crippen LogP contribution < -0.4 is 5.32 Å². The standard InChI is InChI=1S/C16H31N3O3.2ClH/c1-18(14-3-7-17-8-4-14)11-15(21)19(2)12-16(13-20)5-9-22-10-6-16;;/h14,17,20H,3-13H2,1-2H3;2*1H. The lowest BCUT2D eigenvalue weighted by molar-refractivity contribution is -0.134. The van der Waals surface area contributed by atoms with Gasteiger partial charge >= 0.3 is 0 Å². The average Bonchev–Trinajstić information content (AvgIpc) is 2.56. The Hall–Kier alpha value is -0.110. The second-order valence-corrected chi connectivity index (χ2v) is 6.92. The molecule has 0 aromatic rings. The molecule has 0 saturated carbocycles. The Morgan fingerprint density at radius 1 is 1.21 bits per heavy atom. The van der Waals surface area contributed by atoms with E-state index in [1.54, 1.807) is 4.90 Å². The number of amides is 1. The number of hydrogen-bond donors (Lipinski definition) is 2. The number of rotatable bonds is 6. The van der Waals surface area contributed by atoms with Gasteiger partial charge in [-0.3, -0.25) is 9.69 Å². The first-order chi connectivity index (χ1) is 10.6. The van der Waals surface area contributed by atoms with Crippen LogP contribution >= 0.6 is 24.8 Å². The molecule has 8 heteroatoms. The van der Waals surface area contributed by atoms with E-state index < -0.39 is 0 Å². The Kier molecular flexibility index (Phi) is 11.4. The molecule has 2 heterocycles. The molecule has 2 fully saturated rings. The zero-order valence-electron chi connectivity index (χ0n) is 14.8. The molecular formula is C16H33Cl2N3O3. The smallest absolute Gasteiger partial charge is 0.236 e. The minimum atomic E-state index is -0.185. The van der Waals surface area contributed by atoms with Crippen LogP contribution in [0.5, 0.6) is 0 Å². The summed E-state index contributed by atoms with van der Waals surface area (Å²) in [5.74, 6) is 0.139. The highest BCUT2D eigenvalue weighted by molar-refractivity contribution is 5.85. The van der Waals surface area contributed by atoms with Crippen LogP contribution in [0.1, 0.15) is 25.7 Å². The van der Waals surface area contributed by atoms with Crippen molar-refractivity contribution < 1.29 is 14.6 Å². The molecule has 0 aromatic carbocycles. The van der Waals surface area contributed by atoms with Gasteiger partial charge in [-0.05, 0) is 45.8 Å². The molecule has 0 aromatic heterocycles. The SMILES string of the molecule is CN(CC1(CO)CCOCC1)C(=O)CN(C)C1CCNCC1.Cl.Cl. The first-order valence-electron chi connectivity index (χ1n) is 8.40. The van der Waals surface area contributed by atoms with E-state index in [9.17, 15) is 9.90 Å². The monoisotopic (exact) mass is 385 g/mol. The molecule has 24 heavy (non-hydrogen) atoms. The lowest BCUT2D eigenvalue weighted by atomic mass is 9.80. The number of aliphatic hydroxyl groups is 1. The van der Waals surface area contributed by atoms with Crippen molar-refractivity contribution in [3.63, 3.8) is 0 Å². The summed E-state index contributed by atoms with van der Waals surface area (Å²) in [6, 6.07) is 0.494. The van der Waals surface area contributed by atoms with Gasteiger partial charge in [0.25, 0.3) is 0 Å². The van der Waals surface area contributed by atoms with Crippen LogP contribution in [0.25, 0.3) is 0 Å². The Labute approximate surface area is 158 Å². The first kappa shape index (κ1) is 23.9. The Morgan fingerprint density at radius 2 is 1.79 bits per heavy atom. The molecule has 0 unspecified atom stereocenters. The fourth-order valence-electron chi connectivity index (χ4n) is 3.47. The van der Waals surface area contributed by atoms with Crippen LogP contribution in [-0.2, 0) is 9.53 Å². The Balaban J connectivity index is 0.00000264. The quantitative estimate of drug-likeness (QED) is 0.706. The van der Waals surface area contributed by atoms with E-state index in [1.165, 1.54) is 0 Å². The van der Waals surface area contributed by atoms with Gasteiger partial charge in [0.1, 0.15) is 0 Å². The molecule has 0 atom stereocenters. The molecule has 0 radical (unpaired) electrons. The van der Waals surface area contributed by atoms with Gasteiger partial charge in [-0.2, -0.15) is 0 Å². The van der Waals surface area contributed by atoms with Crippen molar-refractivity contribution in [2.24, 2.45) is 5.41 Å². The lowest BCUT2D eigenvalue weighted by Gasteiger charge is -2.39. The first-order valence-corrected chi connectivity index (χ1v) is 8.40. The minimum absolute atomic E-state index is 0. The Morgan fingerprint density at radius 3 is 2.33 bits per heavy atom. The summed E-state index contributed by atoms with van der Waals surface area (Å²) in [4.78, 5) is 16.5. The van der Waals surface area contributed by atoms with Crippen molar-refractivity contribution in [2.75, 3.05) is 60.1 Å². The van der Waals surface area contributed by atoms with Crippen molar-refractivity contribution in [1.82, 2.24) is 15.1 Å². The highest BCUT2D eigenvalue weighted by atomic mass is 35.5. The summed E-state index contributed by atoms with van der Waals surface area (Å²) in [5, 5.41) is 13.1. The highest BCUT2D eigenvalue weighted by Gasteiger charge is 2.34. The molecule has 2 rings (SSSR count). The van der Waals surface area contributed by atoms with Crippen molar-refractivity contribution in [3.05, 3.63) is 0 Å². The van der Waals surface area contributed by atoms with Crippen molar-refractivity contribution in [1.29, 1.82) is 0 Å². The van der Waals surface area contributed by atoms with E-state index in [0.29, 0.717) is 32.3 Å². The number of aliphatic hydroxyl groups excluding tert-OH is 1.